The van der Waals surface area contributed by atoms with Crippen LogP contribution in [0.2, 0.25) is 0 Å². The molecule has 3 aromatic rings. The predicted molar refractivity (Wildman–Crippen MR) is 140 cm³/mol. The first-order chi connectivity index (χ1) is 18.2. The van der Waals surface area contributed by atoms with E-state index < -0.39 is 53.6 Å². The molecule has 2 aromatic carbocycles. The summed E-state index contributed by atoms with van der Waals surface area (Å²) in [5.41, 5.74) is 3.46. The average Bonchev–Trinajstić information content (AvgIpc) is 3.34. The van der Waals surface area contributed by atoms with Gasteiger partial charge in [-0.15, -0.1) is 0 Å². The fourth-order valence-electron chi connectivity index (χ4n) is 4.91. The van der Waals surface area contributed by atoms with Gasteiger partial charge in [0.25, 0.3) is 0 Å². The molecule has 8 nitrogen and oxygen atoms in total. The first-order valence-electron chi connectivity index (χ1n) is 12.7. The maximum Gasteiger partial charge on any atom is 0.416 e. The summed E-state index contributed by atoms with van der Waals surface area (Å²) in [6.45, 7) is 6.72. The van der Waals surface area contributed by atoms with E-state index in [2.05, 4.69) is 15.7 Å². The minimum atomic E-state index is -4.54. The number of carboxylic acids is 1. The molecule has 11 heteroatoms. The average molecular weight is 547 g/mol. The van der Waals surface area contributed by atoms with Crippen LogP contribution in [0.3, 0.4) is 0 Å². The molecule has 2 heterocycles. The van der Waals surface area contributed by atoms with Crippen LogP contribution in [0.5, 0.6) is 0 Å². The van der Waals surface area contributed by atoms with Crippen LogP contribution in [0, 0.1) is 0 Å². The van der Waals surface area contributed by atoms with Crippen molar-refractivity contribution in [2.45, 2.75) is 76.5 Å². The molecule has 0 saturated carbocycles. The van der Waals surface area contributed by atoms with Crippen molar-refractivity contribution in [2.75, 3.05) is 0 Å². The van der Waals surface area contributed by atoms with E-state index in [1.165, 1.54) is 23.2 Å². The number of rotatable bonds is 9. The summed E-state index contributed by atoms with van der Waals surface area (Å²) in [5, 5.41) is 15.0. The summed E-state index contributed by atoms with van der Waals surface area (Å²) in [6, 6.07) is 11.7. The molecule has 5 atom stereocenters. The zero-order valence-corrected chi connectivity index (χ0v) is 22.2. The number of nitrogens with one attached hydrogen (secondary N) is 3. The van der Waals surface area contributed by atoms with Gasteiger partial charge in [0.2, 0.25) is 0 Å². The van der Waals surface area contributed by atoms with E-state index in [-0.39, 0.29) is 12.0 Å². The number of fused-ring (bicyclic) bond motifs is 1. The number of aliphatic carboxylic acids is 1. The van der Waals surface area contributed by atoms with Gasteiger partial charge in [-0.3, -0.25) is 4.79 Å². The zero-order valence-electron chi connectivity index (χ0n) is 22.2. The smallest absolute Gasteiger partial charge is 0.416 e. The SMILES string of the molecule is CC(CC(NC(=O)OC(C)(C)C)NN1[C@H](Cc2c[nH]c3ccccc23)[C@@H]1C(=O)O)c1ccccc1C(F)(F)F. The van der Waals surface area contributed by atoms with Gasteiger partial charge in [0.15, 0.2) is 0 Å². The minimum Gasteiger partial charge on any atom is -0.480 e. The molecule has 0 bridgehead atoms. The Morgan fingerprint density at radius 3 is 2.44 bits per heavy atom. The van der Waals surface area contributed by atoms with Crippen molar-refractivity contribution in [1.82, 2.24) is 20.7 Å². The van der Waals surface area contributed by atoms with E-state index >= 15 is 0 Å². The number of amides is 1. The summed E-state index contributed by atoms with van der Waals surface area (Å²) in [5.74, 6) is -1.68. The summed E-state index contributed by atoms with van der Waals surface area (Å²) >= 11 is 0. The van der Waals surface area contributed by atoms with E-state index in [4.69, 9.17) is 4.74 Å². The number of hydrogen-bond acceptors (Lipinski definition) is 5. The molecule has 1 aromatic heterocycles. The van der Waals surface area contributed by atoms with Gasteiger partial charge in [0, 0.05) is 17.1 Å². The van der Waals surface area contributed by atoms with Crippen molar-refractivity contribution < 1.29 is 32.6 Å². The summed E-state index contributed by atoms with van der Waals surface area (Å²) in [6.07, 6.45) is -3.89. The summed E-state index contributed by atoms with van der Waals surface area (Å²) in [4.78, 5) is 27.8. The fraction of sp³-hybridized carbons (Fsp3) is 0.429. The first kappa shape index (κ1) is 28.4. The Labute approximate surface area is 224 Å². The predicted octanol–water partition coefficient (Wildman–Crippen LogP) is 5.42. The van der Waals surface area contributed by atoms with Crippen LogP contribution in [-0.4, -0.2) is 51.0 Å². The van der Waals surface area contributed by atoms with Gasteiger partial charge in [0.1, 0.15) is 11.6 Å². The highest BCUT2D eigenvalue weighted by molar-refractivity contribution is 5.84. The normalized spacial score (nSPS) is 20.8. The number of carbonyl (C=O) groups excluding carboxylic acids is 1. The molecule has 210 valence electrons. The van der Waals surface area contributed by atoms with Gasteiger partial charge >= 0.3 is 18.2 Å². The number of halogens is 3. The lowest BCUT2D eigenvalue weighted by Gasteiger charge is -2.27. The van der Waals surface area contributed by atoms with Crippen molar-refractivity contribution in [3.63, 3.8) is 0 Å². The number of aromatic amines is 1. The summed E-state index contributed by atoms with van der Waals surface area (Å²) < 4.78 is 46.4. The fourth-order valence-corrected chi connectivity index (χ4v) is 4.91. The maximum atomic E-state index is 13.7. The van der Waals surface area contributed by atoms with Crippen LogP contribution in [0.25, 0.3) is 10.9 Å². The Bertz CT molecular complexity index is 1330. The van der Waals surface area contributed by atoms with Gasteiger partial charge < -0.3 is 20.1 Å². The standard InChI is InChI=1S/C28H33F3N4O4/c1-16(18-9-5-7-11-20(18)28(29,30)31)13-23(33-26(38)39-27(2,3)4)34-35-22(24(35)25(36)37)14-17-15-32-21-12-8-6-10-19(17)21/h5-12,15-16,22-24,32,34H,13-14H2,1-4H3,(H,33,38)(H,36,37)/t16?,22-,23?,24-,35?/m1/s1. The van der Waals surface area contributed by atoms with Crippen LogP contribution in [-0.2, 0) is 22.1 Å². The molecular formula is C28H33F3N4O4. The van der Waals surface area contributed by atoms with Gasteiger partial charge in [-0.1, -0.05) is 43.3 Å². The number of carbonyl (C=O) groups is 2. The number of benzene rings is 2. The first-order valence-corrected chi connectivity index (χ1v) is 12.7. The second kappa shape index (κ2) is 10.9. The molecule has 0 spiro atoms. The van der Waals surface area contributed by atoms with Crippen LogP contribution in [0.4, 0.5) is 18.0 Å². The Hall–Kier alpha value is -3.57. The third kappa shape index (κ3) is 6.90. The van der Waals surface area contributed by atoms with E-state index in [1.54, 1.807) is 27.7 Å². The topological polar surface area (TPSA) is 106 Å². The number of para-hydroxylation sites is 1. The molecule has 0 aliphatic carbocycles. The molecule has 1 saturated heterocycles. The van der Waals surface area contributed by atoms with Gasteiger partial charge in [-0.25, -0.2) is 15.2 Å². The van der Waals surface area contributed by atoms with Crippen molar-refractivity contribution >= 4 is 23.0 Å². The van der Waals surface area contributed by atoms with Gasteiger partial charge in [0.05, 0.1) is 17.8 Å². The molecule has 1 aliphatic rings. The second-order valence-electron chi connectivity index (χ2n) is 10.9. The van der Waals surface area contributed by atoms with E-state index in [0.29, 0.717) is 6.42 Å². The van der Waals surface area contributed by atoms with Crippen molar-refractivity contribution in [2.24, 2.45) is 0 Å². The number of alkyl halides is 3. The molecule has 1 aliphatic heterocycles. The molecule has 39 heavy (non-hydrogen) atoms. The van der Waals surface area contributed by atoms with Crippen molar-refractivity contribution in [3.05, 3.63) is 71.4 Å². The highest BCUT2D eigenvalue weighted by Crippen LogP contribution is 2.37. The van der Waals surface area contributed by atoms with Crippen LogP contribution in [0.15, 0.2) is 54.7 Å². The molecule has 1 fully saturated rings. The number of carboxylic acid groups (broad SMARTS) is 1. The number of ether oxygens (including phenoxy) is 1. The third-order valence-electron chi connectivity index (χ3n) is 6.67. The van der Waals surface area contributed by atoms with Crippen LogP contribution in [0.1, 0.15) is 56.7 Å². The van der Waals surface area contributed by atoms with Crippen LogP contribution < -0.4 is 10.7 Å². The zero-order chi connectivity index (χ0) is 28.5. The molecular weight excluding hydrogens is 513 g/mol. The molecule has 3 unspecified atom stereocenters. The maximum absolute atomic E-state index is 13.7. The Morgan fingerprint density at radius 1 is 1.10 bits per heavy atom. The lowest BCUT2D eigenvalue weighted by atomic mass is 9.92. The summed E-state index contributed by atoms with van der Waals surface area (Å²) in [7, 11) is 0. The largest absolute Gasteiger partial charge is 0.480 e. The highest BCUT2D eigenvalue weighted by Gasteiger charge is 2.54. The quantitative estimate of drug-likeness (QED) is 0.211. The molecule has 0 radical (unpaired) electrons. The number of aromatic nitrogens is 1. The van der Waals surface area contributed by atoms with E-state index in [0.717, 1.165) is 22.5 Å². The lowest BCUT2D eigenvalue weighted by Crippen LogP contribution is -2.50. The number of hydrogen-bond donors (Lipinski definition) is 4. The molecule has 1 amide bonds. The number of nitrogens with zero attached hydrogens (tertiary/aromatic N) is 1. The number of H-pyrrole nitrogens is 1. The second-order valence-corrected chi connectivity index (χ2v) is 10.9. The van der Waals surface area contributed by atoms with Gasteiger partial charge in [-0.2, -0.15) is 13.2 Å². The van der Waals surface area contributed by atoms with E-state index in [1.807, 2.05) is 30.5 Å². The molecule has 4 N–H and O–H groups in total. The van der Waals surface area contributed by atoms with E-state index in [9.17, 15) is 27.9 Å². The number of hydrazine groups is 1. The molecule has 4 rings (SSSR count). The van der Waals surface area contributed by atoms with Crippen LogP contribution >= 0.6 is 0 Å². The van der Waals surface area contributed by atoms with Gasteiger partial charge in [-0.05, 0) is 62.8 Å². The number of alkyl carbamates (subject to hydrolysis) is 1. The Kier molecular flexibility index (Phi) is 7.94. The lowest BCUT2D eigenvalue weighted by molar-refractivity contribution is -0.139. The van der Waals surface area contributed by atoms with Crippen molar-refractivity contribution in [1.29, 1.82) is 0 Å². The van der Waals surface area contributed by atoms with Crippen molar-refractivity contribution in [3.8, 4) is 0 Å². The third-order valence-corrected chi connectivity index (χ3v) is 6.67. The minimum absolute atomic E-state index is 0.0506. The highest BCUT2D eigenvalue weighted by atomic mass is 19.4. The Morgan fingerprint density at radius 2 is 1.77 bits per heavy atom. The Balaban J connectivity index is 1.55. The monoisotopic (exact) mass is 546 g/mol.